The molecule has 106 valence electrons. The van der Waals surface area contributed by atoms with Crippen LogP contribution in [0.25, 0.3) is 22.2 Å². The van der Waals surface area contributed by atoms with E-state index in [9.17, 15) is 10.1 Å². The maximum atomic E-state index is 10.9. The number of hydrogen-bond donors (Lipinski definition) is 1. The lowest BCUT2D eigenvalue weighted by molar-refractivity contribution is -0.384. The molecule has 3 aromatic rings. The molecule has 0 radical (unpaired) electrons. The van der Waals surface area contributed by atoms with Gasteiger partial charge in [-0.05, 0) is 23.6 Å². The second-order valence-corrected chi connectivity index (χ2v) is 5.34. The third-order valence-electron chi connectivity index (χ3n) is 3.58. The molecule has 5 nitrogen and oxygen atoms in total. The second kappa shape index (κ2) is 5.01. The van der Waals surface area contributed by atoms with Crippen LogP contribution in [0.5, 0.6) is 0 Å². The fraction of sp³-hybridized carbons (Fsp3) is 0.188. The van der Waals surface area contributed by atoms with E-state index in [1.165, 1.54) is 11.6 Å². The van der Waals surface area contributed by atoms with Crippen molar-refractivity contribution in [1.82, 2.24) is 10.2 Å². The molecule has 3 rings (SSSR count). The number of hydrogen-bond acceptors (Lipinski definition) is 3. The van der Waals surface area contributed by atoms with Crippen LogP contribution in [0.3, 0.4) is 0 Å². The molecule has 0 spiro atoms. The first-order chi connectivity index (χ1) is 10.1. The molecular weight excluding hydrogens is 266 g/mol. The minimum absolute atomic E-state index is 0.0742. The molecule has 1 N–H and O–H groups in total. The summed E-state index contributed by atoms with van der Waals surface area (Å²) in [6.07, 6.45) is 0. The number of nitrogens with one attached hydrogen (secondary N) is 1. The van der Waals surface area contributed by atoms with E-state index in [2.05, 4.69) is 36.2 Å². The topological polar surface area (TPSA) is 71.8 Å². The van der Waals surface area contributed by atoms with E-state index in [0.29, 0.717) is 5.92 Å². The van der Waals surface area contributed by atoms with Gasteiger partial charge in [0.25, 0.3) is 5.69 Å². The highest BCUT2D eigenvalue weighted by Crippen LogP contribution is 2.30. The summed E-state index contributed by atoms with van der Waals surface area (Å²) < 4.78 is 0. The highest BCUT2D eigenvalue weighted by Gasteiger charge is 2.13. The minimum Gasteiger partial charge on any atom is -0.277 e. The first-order valence-electron chi connectivity index (χ1n) is 6.79. The van der Waals surface area contributed by atoms with Gasteiger partial charge in [-0.1, -0.05) is 32.0 Å². The van der Waals surface area contributed by atoms with E-state index in [1.54, 1.807) is 12.1 Å². The van der Waals surface area contributed by atoms with Crippen LogP contribution in [0.1, 0.15) is 25.3 Å². The van der Waals surface area contributed by atoms with E-state index < -0.39 is 0 Å². The van der Waals surface area contributed by atoms with Crippen molar-refractivity contribution in [3.8, 4) is 11.3 Å². The van der Waals surface area contributed by atoms with E-state index in [1.807, 2.05) is 12.1 Å². The third-order valence-corrected chi connectivity index (χ3v) is 3.58. The Labute approximate surface area is 121 Å². The number of nitrogens with zero attached hydrogens (tertiary/aromatic N) is 2. The van der Waals surface area contributed by atoms with Gasteiger partial charge in [0.15, 0.2) is 0 Å². The Hall–Kier alpha value is -2.69. The lowest BCUT2D eigenvalue weighted by Gasteiger charge is -2.06. The van der Waals surface area contributed by atoms with Crippen LogP contribution < -0.4 is 0 Å². The van der Waals surface area contributed by atoms with Gasteiger partial charge >= 0.3 is 0 Å². The quantitative estimate of drug-likeness (QED) is 0.576. The molecule has 1 aromatic heterocycles. The van der Waals surface area contributed by atoms with Crippen LogP contribution in [-0.4, -0.2) is 15.1 Å². The number of non-ortho nitro benzene ring substituents is 1. The summed E-state index contributed by atoms with van der Waals surface area (Å²) in [7, 11) is 0. The summed E-state index contributed by atoms with van der Waals surface area (Å²) in [5.74, 6) is 0.421. The summed E-state index contributed by atoms with van der Waals surface area (Å²) in [5.41, 5.74) is 3.80. The summed E-state index contributed by atoms with van der Waals surface area (Å²) in [6, 6.07) is 12.9. The van der Waals surface area contributed by atoms with Crippen molar-refractivity contribution >= 4 is 16.6 Å². The van der Waals surface area contributed by atoms with Crippen molar-refractivity contribution in [2.24, 2.45) is 0 Å². The predicted octanol–water partition coefficient (Wildman–Crippen LogP) is 4.26. The number of benzene rings is 2. The molecule has 0 unspecified atom stereocenters. The van der Waals surface area contributed by atoms with Gasteiger partial charge in [-0.2, -0.15) is 5.10 Å². The van der Waals surface area contributed by atoms with Crippen molar-refractivity contribution in [1.29, 1.82) is 0 Å². The van der Waals surface area contributed by atoms with Crippen LogP contribution >= 0.6 is 0 Å². The number of nitro groups is 1. The molecular formula is C16H15N3O2. The Morgan fingerprint density at radius 3 is 2.71 bits per heavy atom. The highest BCUT2D eigenvalue weighted by molar-refractivity contribution is 5.94. The van der Waals surface area contributed by atoms with Crippen LogP contribution in [-0.2, 0) is 0 Å². The molecule has 0 aliphatic rings. The number of nitro benzene ring substituents is 1. The molecule has 2 aromatic carbocycles. The predicted molar refractivity (Wildman–Crippen MR) is 82.3 cm³/mol. The molecule has 0 bridgehead atoms. The molecule has 0 saturated heterocycles. The van der Waals surface area contributed by atoms with Gasteiger partial charge in [-0.25, -0.2) is 0 Å². The summed E-state index contributed by atoms with van der Waals surface area (Å²) >= 11 is 0. The SMILES string of the molecule is CC(C)c1cccc(-c2n[nH]c3ccc([N+](=O)[O-])cc23)c1. The first-order valence-corrected chi connectivity index (χ1v) is 6.79. The molecule has 1 heterocycles. The van der Waals surface area contributed by atoms with Crippen molar-refractivity contribution in [3.05, 3.63) is 58.1 Å². The molecule has 21 heavy (non-hydrogen) atoms. The largest absolute Gasteiger partial charge is 0.277 e. The van der Waals surface area contributed by atoms with E-state index in [4.69, 9.17) is 0 Å². The zero-order chi connectivity index (χ0) is 15.0. The lowest BCUT2D eigenvalue weighted by atomic mass is 9.98. The van der Waals surface area contributed by atoms with Crippen LogP contribution in [0.2, 0.25) is 0 Å². The van der Waals surface area contributed by atoms with Crippen molar-refractivity contribution < 1.29 is 4.92 Å². The molecule has 0 aliphatic carbocycles. The zero-order valence-corrected chi connectivity index (χ0v) is 11.8. The van der Waals surface area contributed by atoms with E-state index in [-0.39, 0.29) is 10.6 Å². The van der Waals surface area contributed by atoms with Gasteiger partial charge < -0.3 is 0 Å². The number of H-pyrrole nitrogens is 1. The van der Waals surface area contributed by atoms with Gasteiger partial charge in [0.2, 0.25) is 0 Å². The average molecular weight is 281 g/mol. The van der Waals surface area contributed by atoms with Crippen molar-refractivity contribution in [2.45, 2.75) is 19.8 Å². The second-order valence-electron chi connectivity index (χ2n) is 5.34. The molecule has 0 atom stereocenters. The zero-order valence-electron chi connectivity index (χ0n) is 11.8. The first kappa shape index (κ1) is 13.3. The Bertz CT molecular complexity index is 821. The molecule has 0 aliphatic heterocycles. The van der Waals surface area contributed by atoms with Crippen molar-refractivity contribution in [2.75, 3.05) is 0 Å². The van der Waals surface area contributed by atoms with E-state index >= 15 is 0 Å². The Balaban J connectivity index is 2.18. The van der Waals surface area contributed by atoms with Crippen molar-refractivity contribution in [3.63, 3.8) is 0 Å². The van der Waals surface area contributed by atoms with Gasteiger partial charge in [-0.3, -0.25) is 15.2 Å². The monoisotopic (exact) mass is 281 g/mol. The molecule has 0 fully saturated rings. The maximum absolute atomic E-state index is 10.9. The van der Waals surface area contributed by atoms with Gasteiger partial charge in [0.1, 0.15) is 5.69 Å². The highest BCUT2D eigenvalue weighted by atomic mass is 16.6. The molecule has 0 saturated carbocycles. The number of aromatic nitrogens is 2. The average Bonchev–Trinajstić information content (AvgIpc) is 2.90. The van der Waals surface area contributed by atoms with Gasteiger partial charge in [0.05, 0.1) is 10.4 Å². The Morgan fingerprint density at radius 1 is 1.19 bits per heavy atom. The number of aromatic amines is 1. The molecule has 0 amide bonds. The van der Waals surface area contributed by atoms with Crippen LogP contribution in [0.4, 0.5) is 5.69 Å². The fourth-order valence-electron chi connectivity index (χ4n) is 2.38. The summed E-state index contributed by atoms with van der Waals surface area (Å²) in [6.45, 7) is 4.26. The van der Waals surface area contributed by atoms with Gasteiger partial charge in [-0.15, -0.1) is 0 Å². The fourth-order valence-corrected chi connectivity index (χ4v) is 2.38. The molecule has 5 heteroatoms. The number of rotatable bonds is 3. The standard InChI is InChI=1S/C16H15N3O2/c1-10(2)11-4-3-5-12(8-11)16-14-9-13(19(20)21)6-7-15(14)17-18-16/h3-10H,1-2H3,(H,17,18). The minimum atomic E-state index is -0.388. The van der Waals surface area contributed by atoms with Gasteiger partial charge in [0, 0.05) is 23.1 Å². The summed E-state index contributed by atoms with van der Waals surface area (Å²) in [4.78, 5) is 10.5. The number of fused-ring (bicyclic) bond motifs is 1. The van der Waals surface area contributed by atoms with Crippen LogP contribution in [0, 0.1) is 10.1 Å². The normalized spacial score (nSPS) is 11.2. The third kappa shape index (κ3) is 2.38. The van der Waals surface area contributed by atoms with Crippen LogP contribution in [0.15, 0.2) is 42.5 Å². The Morgan fingerprint density at radius 2 is 2.00 bits per heavy atom. The smallest absolute Gasteiger partial charge is 0.270 e. The van der Waals surface area contributed by atoms with E-state index in [0.717, 1.165) is 22.2 Å². The lowest BCUT2D eigenvalue weighted by Crippen LogP contribution is -1.89. The summed E-state index contributed by atoms with van der Waals surface area (Å²) in [5, 5.41) is 18.9. The Kier molecular flexibility index (Phi) is 3.17. The maximum Gasteiger partial charge on any atom is 0.270 e.